The summed E-state index contributed by atoms with van der Waals surface area (Å²) in [5, 5.41) is 15.1. The molecule has 9 heteroatoms. The zero-order valence-corrected chi connectivity index (χ0v) is 23.6. The molecule has 6 aromatic rings. The molecule has 2 aromatic heterocycles. The lowest BCUT2D eigenvalue weighted by Gasteiger charge is -2.15. The fourth-order valence-electron chi connectivity index (χ4n) is 4.93. The molecule has 0 bridgehead atoms. The molecule has 0 spiro atoms. The molecule has 216 valence electrons. The van der Waals surface area contributed by atoms with E-state index in [0.717, 1.165) is 28.2 Å². The molecule has 0 aliphatic rings. The van der Waals surface area contributed by atoms with Gasteiger partial charge in [-0.05, 0) is 65.7 Å². The summed E-state index contributed by atoms with van der Waals surface area (Å²) in [7, 11) is 1.43. The van der Waals surface area contributed by atoms with Crippen LogP contribution in [0, 0.1) is 10.1 Å². The molecule has 1 amide bonds. The Hall–Kier alpha value is -6.22. The van der Waals surface area contributed by atoms with Crippen LogP contribution in [0.3, 0.4) is 0 Å². The molecule has 0 saturated heterocycles. The van der Waals surface area contributed by atoms with Gasteiger partial charge in [0.25, 0.3) is 11.6 Å². The maximum Gasteiger partial charge on any atom is 0.273 e. The largest absolute Gasteiger partial charge is 0.496 e. The molecular formula is C35H26N4O5. The highest BCUT2D eigenvalue weighted by Gasteiger charge is 2.16. The molecule has 0 saturated carbocycles. The van der Waals surface area contributed by atoms with E-state index in [2.05, 4.69) is 51.5 Å². The summed E-state index contributed by atoms with van der Waals surface area (Å²) in [6.45, 7) is 0. The Kier molecular flexibility index (Phi) is 7.83. The third-order valence-electron chi connectivity index (χ3n) is 7.05. The van der Waals surface area contributed by atoms with E-state index in [1.54, 1.807) is 30.3 Å². The molecule has 0 unspecified atom stereocenters. The lowest BCUT2D eigenvalue weighted by Crippen LogP contribution is -2.17. The third kappa shape index (κ3) is 5.75. The Morgan fingerprint density at radius 3 is 2.07 bits per heavy atom. The SMILES string of the molecule is COc1cc([N+](=O)[O-])ccc1-c1ccc(/C=N\NC(=O)c2ccc(-n3c(-c4ccccc4)ccc3-c3ccccc3)cc2)o1. The summed E-state index contributed by atoms with van der Waals surface area (Å²) < 4.78 is 13.3. The second kappa shape index (κ2) is 12.3. The number of rotatable bonds is 9. The van der Waals surface area contributed by atoms with Crippen molar-refractivity contribution in [3.05, 3.63) is 149 Å². The molecule has 0 aliphatic carbocycles. The first kappa shape index (κ1) is 27.9. The van der Waals surface area contributed by atoms with E-state index in [0.29, 0.717) is 28.4 Å². The van der Waals surface area contributed by atoms with Crippen molar-refractivity contribution in [2.45, 2.75) is 0 Å². The van der Waals surface area contributed by atoms with Crippen LogP contribution < -0.4 is 10.2 Å². The van der Waals surface area contributed by atoms with Crippen molar-refractivity contribution in [3.63, 3.8) is 0 Å². The van der Waals surface area contributed by atoms with Crippen molar-refractivity contribution in [1.82, 2.24) is 9.99 Å². The number of non-ortho nitro benzene ring substituents is 1. The van der Waals surface area contributed by atoms with Crippen LogP contribution in [-0.4, -0.2) is 28.7 Å². The molecule has 0 fully saturated rings. The number of benzene rings is 4. The third-order valence-corrected chi connectivity index (χ3v) is 7.05. The lowest BCUT2D eigenvalue weighted by atomic mass is 10.1. The van der Waals surface area contributed by atoms with Gasteiger partial charge in [-0.25, -0.2) is 5.43 Å². The number of methoxy groups -OCH3 is 1. The minimum Gasteiger partial charge on any atom is -0.496 e. The van der Waals surface area contributed by atoms with Gasteiger partial charge in [0.2, 0.25) is 0 Å². The molecule has 2 heterocycles. The Morgan fingerprint density at radius 1 is 0.841 bits per heavy atom. The molecular weight excluding hydrogens is 556 g/mol. The molecule has 6 rings (SSSR count). The fourth-order valence-corrected chi connectivity index (χ4v) is 4.93. The number of nitrogens with zero attached hydrogens (tertiary/aromatic N) is 3. The van der Waals surface area contributed by atoms with Crippen LogP contribution in [0.15, 0.2) is 137 Å². The van der Waals surface area contributed by atoms with Gasteiger partial charge in [0, 0.05) is 17.3 Å². The van der Waals surface area contributed by atoms with Crippen LogP contribution in [0.2, 0.25) is 0 Å². The number of hydrazone groups is 1. The van der Waals surface area contributed by atoms with Gasteiger partial charge in [0.15, 0.2) is 0 Å². The second-order valence-electron chi connectivity index (χ2n) is 9.76. The zero-order chi connectivity index (χ0) is 30.5. The Morgan fingerprint density at radius 2 is 1.48 bits per heavy atom. The van der Waals surface area contributed by atoms with Crippen LogP contribution in [0.1, 0.15) is 16.1 Å². The summed E-state index contributed by atoms with van der Waals surface area (Å²) >= 11 is 0. The Bertz CT molecular complexity index is 1900. The Balaban J connectivity index is 1.19. The van der Waals surface area contributed by atoms with Crippen molar-refractivity contribution >= 4 is 17.8 Å². The van der Waals surface area contributed by atoms with Gasteiger partial charge in [0.05, 0.1) is 41.3 Å². The number of carbonyl (C=O) groups is 1. The van der Waals surface area contributed by atoms with E-state index in [-0.39, 0.29) is 11.6 Å². The van der Waals surface area contributed by atoms with E-state index in [4.69, 9.17) is 9.15 Å². The van der Waals surface area contributed by atoms with Gasteiger partial charge < -0.3 is 13.7 Å². The summed E-state index contributed by atoms with van der Waals surface area (Å²) in [4.78, 5) is 23.5. The van der Waals surface area contributed by atoms with Gasteiger partial charge >= 0.3 is 0 Å². The van der Waals surface area contributed by atoms with Crippen LogP contribution in [0.25, 0.3) is 39.5 Å². The van der Waals surface area contributed by atoms with Crippen LogP contribution in [0.4, 0.5) is 5.69 Å². The number of carbonyl (C=O) groups excluding carboxylic acids is 1. The Labute approximate surface area is 252 Å². The standard InChI is InChI=1S/C35H26N4O5/c1-43-34-22-28(39(41)42)16-18-30(34)33-21-17-29(44-33)23-36-37-35(40)26-12-14-27(15-13-26)38-31(24-8-4-2-5-9-24)19-20-32(38)25-10-6-3-7-11-25/h2-23H,1H3,(H,37,40)/b36-23-. The van der Waals surface area contributed by atoms with Gasteiger partial charge in [-0.3, -0.25) is 14.9 Å². The van der Waals surface area contributed by atoms with Crippen molar-refractivity contribution in [2.75, 3.05) is 7.11 Å². The summed E-state index contributed by atoms with van der Waals surface area (Å²) in [5.74, 6) is 0.747. The number of hydrogen-bond donors (Lipinski definition) is 1. The number of hydrogen-bond acceptors (Lipinski definition) is 6. The maximum absolute atomic E-state index is 12.9. The number of ether oxygens (including phenoxy) is 1. The highest BCUT2D eigenvalue weighted by molar-refractivity contribution is 5.95. The van der Waals surface area contributed by atoms with Crippen molar-refractivity contribution in [3.8, 4) is 45.3 Å². The fraction of sp³-hybridized carbons (Fsp3) is 0.0286. The van der Waals surface area contributed by atoms with E-state index < -0.39 is 4.92 Å². The first-order valence-corrected chi connectivity index (χ1v) is 13.7. The monoisotopic (exact) mass is 582 g/mol. The van der Waals surface area contributed by atoms with Gasteiger partial charge in [-0.15, -0.1) is 0 Å². The number of furan rings is 1. The predicted octanol–water partition coefficient (Wildman–Crippen LogP) is 7.75. The maximum atomic E-state index is 12.9. The van der Waals surface area contributed by atoms with Gasteiger partial charge in [-0.2, -0.15) is 5.10 Å². The molecule has 44 heavy (non-hydrogen) atoms. The number of nitro benzene ring substituents is 1. The summed E-state index contributed by atoms with van der Waals surface area (Å²) in [6, 6.07) is 39.5. The second-order valence-corrected chi connectivity index (χ2v) is 9.76. The number of aromatic nitrogens is 1. The molecule has 4 aromatic carbocycles. The van der Waals surface area contributed by atoms with Crippen molar-refractivity contribution in [2.24, 2.45) is 5.10 Å². The van der Waals surface area contributed by atoms with Gasteiger partial charge in [-0.1, -0.05) is 60.7 Å². The lowest BCUT2D eigenvalue weighted by molar-refractivity contribution is -0.384. The number of amides is 1. The minimum atomic E-state index is -0.493. The van der Waals surface area contributed by atoms with E-state index in [1.165, 1.54) is 25.5 Å². The molecule has 0 atom stereocenters. The first-order chi connectivity index (χ1) is 21.5. The zero-order valence-electron chi connectivity index (χ0n) is 23.6. The quantitative estimate of drug-likeness (QED) is 0.106. The van der Waals surface area contributed by atoms with Gasteiger partial charge in [0.1, 0.15) is 17.3 Å². The molecule has 0 aliphatic heterocycles. The predicted molar refractivity (Wildman–Crippen MR) is 169 cm³/mol. The van der Waals surface area contributed by atoms with E-state index in [1.807, 2.05) is 48.5 Å². The van der Waals surface area contributed by atoms with Crippen LogP contribution in [0.5, 0.6) is 5.75 Å². The van der Waals surface area contributed by atoms with Crippen molar-refractivity contribution < 1.29 is 18.9 Å². The topological polar surface area (TPSA) is 112 Å². The summed E-state index contributed by atoms with van der Waals surface area (Å²) in [5.41, 5.74) is 8.59. The van der Waals surface area contributed by atoms with Crippen molar-refractivity contribution in [1.29, 1.82) is 0 Å². The molecule has 9 nitrogen and oxygen atoms in total. The number of nitrogens with one attached hydrogen (secondary N) is 1. The average molecular weight is 583 g/mol. The highest BCUT2D eigenvalue weighted by Crippen LogP contribution is 2.34. The van der Waals surface area contributed by atoms with E-state index >= 15 is 0 Å². The summed E-state index contributed by atoms with van der Waals surface area (Å²) in [6.07, 6.45) is 1.38. The smallest absolute Gasteiger partial charge is 0.273 e. The average Bonchev–Trinajstić information content (AvgIpc) is 3.73. The molecule has 1 N–H and O–H groups in total. The van der Waals surface area contributed by atoms with Crippen LogP contribution >= 0.6 is 0 Å². The molecule has 0 radical (unpaired) electrons. The van der Waals surface area contributed by atoms with E-state index in [9.17, 15) is 14.9 Å². The highest BCUT2D eigenvalue weighted by atomic mass is 16.6. The number of nitro groups is 1. The normalized spacial score (nSPS) is 11.0. The minimum absolute atomic E-state index is 0.0867. The van der Waals surface area contributed by atoms with Crippen LogP contribution in [-0.2, 0) is 0 Å². The first-order valence-electron chi connectivity index (χ1n) is 13.7.